The van der Waals surface area contributed by atoms with Gasteiger partial charge in [-0.1, -0.05) is 0 Å². The van der Waals surface area contributed by atoms with E-state index in [0.717, 1.165) is 36.5 Å². The van der Waals surface area contributed by atoms with Crippen LogP contribution in [0.5, 0.6) is 0 Å². The molecule has 0 bridgehead atoms. The fraction of sp³-hybridized carbons (Fsp3) is 0.500. The van der Waals surface area contributed by atoms with Gasteiger partial charge in [0.25, 0.3) is 0 Å². The van der Waals surface area contributed by atoms with Crippen molar-refractivity contribution in [3.05, 3.63) is 22.8 Å². The summed E-state index contributed by atoms with van der Waals surface area (Å²) in [6.07, 6.45) is 1.79. The van der Waals surface area contributed by atoms with Gasteiger partial charge in [0.2, 0.25) is 0 Å². The Hall–Kier alpha value is -0.650. The monoisotopic (exact) mass is 270 g/mol. The van der Waals surface area contributed by atoms with E-state index in [4.69, 9.17) is 0 Å². The lowest BCUT2D eigenvalue weighted by molar-refractivity contribution is 0.178. The van der Waals surface area contributed by atoms with E-state index in [1.807, 2.05) is 12.1 Å². The van der Waals surface area contributed by atoms with Gasteiger partial charge in [-0.15, -0.1) is 0 Å². The fourth-order valence-electron chi connectivity index (χ4n) is 1.54. The molecule has 82 valence electrons. The van der Waals surface area contributed by atoms with Crippen molar-refractivity contribution < 1.29 is 0 Å². The molecule has 15 heavy (non-hydrogen) atoms. The predicted molar refractivity (Wildman–Crippen MR) is 64.6 cm³/mol. The summed E-state index contributed by atoms with van der Waals surface area (Å²) in [6.45, 7) is 4.24. The Morgan fingerprint density at radius 3 is 2.73 bits per heavy atom. The minimum atomic E-state index is 0.891. The number of pyridine rings is 1. The average molecular weight is 271 g/mol. The molecule has 1 aromatic rings. The molecule has 1 aliphatic rings. The van der Waals surface area contributed by atoms with E-state index in [2.05, 4.69) is 43.3 Å². The first-order chi connectivity index (χ1) is 7.25. The number of nitrogens with zero attached hydrogens (tertiary/aromatic N) is 3. The molecule has 0 aliphatic carbocycles. The second-order valence-corrected chi connectivity index (χ2v) is 4.59. The fourth-order valence-corrected chi connectivity index (χ4v) is 1.88. The first-order valence-electron chi connectivity index (χ1n) is 5.06. The number of piperazine rings is 1. The number of nitrogens with one attached hydrogen (secondary N) is 1. The predicted octanol–water partition coefficient (Wildman–Crippen LogP) is 1.42. The van der Waals surface area contributed by atoms with Gasteiger partial charge in [0.15, 0.2) is 5.82 Å². The van der Waals surface area contributed by atoms with E-state index >= 15 is 0 Å². The zero-order chi connectivity index (χ0) is 10.7. The molecular formula is C10H15BrN4. The molecule has 1 N–H and O–H groups in total. The quantitative estimate of drug-likeness (QED) is 0.881. The molecule has 5 heteroatoms. The van der Waals surface area contributed by atoms with E-state index in [1.54, 1.807) is 6.20 Å². The maximum Gasteiger partial charge on any atom is 0.154 e. The van der Waals surface area contributed by atoms with Gasteiger partial charge in [0, 0.05) is 32.4 Å². The molecule has 0 amide bonds. The van der Waals surface area contributed by atoms with E-state index in [9.17, 15) is 0 Å². The van der Waals surface area contributed by atoms with Crippen molar-refractivity contribution in [2.75, 3.05) is 38.7 Å². The summed E-state index contributed by atoms with van der Waals surface area (Å²) >= 11 is 3.47. The third kappa shape index (κ3) is 2.90. The lowest BCUT2D eigenvalue weighted by Gasteiger charge is -2.32. The third-order valence-corrected chi connectivity index (χ3v) is 3.17. The van der Waals surface area contributed by atoms with Crippen molar-refractivity contribution in [1.82, 2.24) is 14.9 Å². The van der Waals surface area contributed by atoms with Gasteiger partial charge >= 0.3 is 0 Å². The highest BCUT2D eigenvalue weighted by Crippen LogP contribution is 2.19. The van der Waals surface area contributed by atoms with Crippen LogP contribution in [-0.4, -0.2) is 48.1 Å². The molecule has 0 unspecified atom stereocenters. The van der Waals surface area contributed by atoms with Gasteiger partial charge in [-0.2, -0.15) is 0 Å². The molecule has 4 nitrogen and oxygen atoms in total. The van der Waals surface area contributed by atoms with Crippen LogP contribution in [0, 0.1) is 0 Å². The van der Waals surface area contributed by atoms with Crippen molar-refractivity contribution in [1.29, 1.82) is 0 Å². The largest absolute Gasteiger partial charge is 0.304 e. The van der Waals surface area contributed by atoms with Gasteiger partial charge < -0.3 is 10.3 Å². The van der Waals surface area contributed by atoms with Crippen molar-refractivity contribution in [3.63, 3.8) is 0 Å². The molecule has 0 atom stereocenters. The second kappa shape index (κ2) is 4.92. The molecule has 2 heterocycles. The average Bonchev–Trinajstić information content (AvgIpc) is 2.25. The normalized spacial score (nSPS) is 19.1. The number of hydrogen-bond donors (Lipinski definition) is 1. The first-order valence-corrected chi connectivity index (χ1v) is 5.85. The second-order valence-electron chi connectivity index (χ2n) is 3.74. The molecule has 1 fully saturated rings. The van der Waals surface area contributed by atoms with Crippen LogP contribution >= 0.6 is 15.9 Å². The molecule has 1 aromatic heterocycles. The van der Waals surface area contributed by atoms with Crippen molar-refractivity contribution in [2.45, 2.75) is 0 Å². The maximum atomic E-state index is 4.28. The highest BCUT2D eigenvalue weighted by Gasteiger charge is 2.14. The van der Waals surface area contributed by atoms with Crippen LogP contribution in [0.25, 0.3) is 0 Å². The summed E-state index contributed by atoms with van der Waals surface area (Å²) in [5, 5.41) is 2.20. The van der Waals surface area contributed by atoms with Crippen LogP contribution in [0.1, 0.15) is 0 Å². The molecule has 1 saturated heterocycles. The van der Waals surface area contributed by atoms with E-state index in [0.29, 0.717) is 0 Å². The third-order valence-electron chi connectivity index (χ3n) is 2.53. The zero-order valence-electron chi connectivity index (χ0n) is 8.78. The minimum absolute atomic E-state index is 0.891. The van der Waals surface area contributed by atoms with Crippen LogP contribution < -0.4 is 5.43 Å². The number of anilines is 1. The number of halogens is 1. The highest BCUT2D eigenvalue weighted by atomic mass is 79.9. The summed E-state index contributed by atoms with van der Waals surface area (Å²) in [7, 11) is 2.15. The number of likely N-dealkylation sites (N-methyl/N-ethyl adjacent to an activating group) is 1. The van der Waals surface area contributed by atoms with Crippen LogP contribution in [0.4, 0.5) is 5.82 Å². The molecule has 2 rings (SSSR count). The number of hydrazine groups is 1. The SMILES string of the molecule is CN1CCN(Nc2ncccc2Br)CC1. The van der Waals surface area contributed by atoms with Gasteiger partial charge in [-0.05, 0) is 35.1 Å². The van der Waals surface area contributed by atoms with Crippen LogP contribution in [0.15, 0.2) is 22.8 Å². The molecule has 0 radical (unpaired) electrons. The van der Waals surface area contributed by atoms with Gasteiger partial charge in [0.05, 0.1) is 4.47 Å². The summed E-state index contributed by atoms with van der Waals surface area (Å²) in [5.41, 5.74) is 3.32. The zero-order valence-corrected chi connectivity index (χ0v) is 10.4. The lowest BCUT2D eigenvalue weighted by atomic mass is 10.4. The molecule has 0 spiro atoms. The Kier molecular flexibility index (Phi) is 3.56. The van der Waals surface area contributed by atoms with E-state index in [-0.39, 0.29) is 0 Å². The summed E-state index contributed by atoms with van der Waals surface area (Å²) in [4.78, 5) is 6.60. The number of aromatic nitrogens is 1. The van der Waals surface area contributed by atoms with Crippen LogP contribution in [0.3, 0.4) is 0 Å². The molecule has 1 aliphatic heterocycles. The minimum Gasteiger partial charge on any atom is -0.304 e. The van der Waals surface area contributed by atoms with E-state index < -0.39 is 0 Å². The molecular weight excluding hydrogens is 256 g/mol. The maximum absolute atomic E-state index is 4.28. The Balaban J connectivity index is 1.95. The standard InChI is InChI=1S/C10H15BrN4/c1-14-5-7-15(8-6-14)13-10-9(11)3-2-4-12-10/h2-4H,5-8H2,1H3,(H,12,13). The van der Waals surface area contributed by atoms with Crippen LogP contribution in [0.2, 0.25) is 0 Å². The number of hydrogen-bond acceptors (Lipinski definition) is 4. The lowest BCUT2D eigenvalue weighted by Crippen LogP contribution is -2.47. The Morgan fingerprint density at radius 2 is 2.07 bits per heavy atom. The Bertz CT molecular complexity index is 323. The number of rotatable bonds is 2. The summed E-state index contributed by atoms with van der Waals surface area (Å²) < 4.78 is 1.00. The van der Waals surface area contributed by atoms with Gasteiger partial charge in [-0.3, -0.25) is 0 Å². The van der Waals surface area contributed by atoms with Crippen LogP contribution in [-0.2, 0) is 0 Å². The summed E-state index contributed by atoms with van der Waals surface area (Å²) in [5.74, 6) is 0.891. The summed E-state index contributed by atoms with van der Waals surface area (Å²) in [6, 6.07) is 3.91. The van der Waals surface area contributed by atoms with Crippen molar-refractivity contribution in [2.24, 2.45) is 0 Å². The molecule has 0 aromatic carbocycles. The van der Waals surface area contributed by atoms with Gasteiger partial charge in [-0.25, -0.2) is 9.99 Å². The Labute approximate surface area is 98.4 Å². The van der Waals surface area contributed by atoms with Crippen molar-refractivity contribution in [3.8, 4) is 0 Å². The smallest absolute Gasteiger partial charge is 0.154 e. The van der Waals surface area contributed by atoms with Crippen molar-refractivity contribution >= 4 is 21.7 Å². The topological polar surface area (TPSA) is 31.4 Å². The van der Waals surface area contributed by atoms with E-state index in [1.165, 1.54) is 0 Å². The molecule has 0 saturated carbocycles. The van der Waals surface area contributed by atoms with Gasteiger partial charge in [0.1, 0.15) is 0 Å². The first kappa shape index (κ1) is 10.9. The Morgan fingerprint density at radius 1 is 1.33 bits per heavy atom. The highest BCUT2D eigenvalue weighted by molar-refractivity contribution is 9.10.